The Morgan fingerprint density at radius 1 is 1.29 bits per heavy atom. The van der Waals surface area contributed by atoms with Crippen molar-refractivity contribution in [2.24, 2.45) is 5.41 Å². The maximum Gasteiger partial charge on any atom is 0.318 e. The van der Waals surface area contributed by atoms with Crippen molar-refractivity contribution in [2.75, 3.05) is 19.6 Å². The number of piperidine rings is 1. The van der Waals surface area contributed by atoms with Gasteiger partial charge in [0.2, 0.25) is 17.7 Å². The van der Waals surface area contributed by atoms with Crippen LogP contribution < -0.4 is 16.0 Å². The molecule has 1 saturated carbocycles. The molecule has 3 fully saturated rings. The number of nitrogens with one attached hydrogen (secondary N) is 3. The first-order chi connectivity index (χ1) is 13.1. The van der Waals surface area contributed by atoms with Gasteiger partial charge in [-0.25, -0.2) is 13.6 Å². The second-order valence-corrected chi connectivity index (χ2v) is 8.23. The quantitative estimate of drug-likeness (QED) is 0.639. The SMILES string of the molecule is CC(F)(F)C[C@H](NC(=O)N1CCC2(CCNC2=O)CC1)C(=O)NC1(C#N)CC1. The Morgan fingerprint density at radius 3 is 2.39 bits per heavy atom. The molecule has 1 atom stereocenters. The average molecular weight is 397 g/mol. The van der Waals surface area contributed by atoms with E-state index < -0.39 is 41.3 Å². The van der Waals surface area contributed by atoms with Crippen LogP contribution in [0.25, 0.3) is 0 Å². The van der Waals surface area contributed by atoms with Gasteiger partial charge in [-0.05, 0) is 39.0 Å². The van der Waals surface area contributed by atoms with Gasteiger partial charge in [0.25, 0.3) is 0 Å². The molecule has 154 valence electrons. The van der Waals surface area contributed by atoms with E-state index >= 15 is 0 Å². The molecule has 3 N–H and O–H groups in total. The van der Waals surface area contributed by atoms with Gasteiger partial charge in [-0.1, -0.05) is 0 Å². The van der Waals surface area contributed by atoms with Gasteiger partial charge in [0, 0.05) is 26.1 Å². The van der Waals surface area contributed by atoms with E-state index in [9.17, 15) is 23.2 Å². The third-order valence-corrected chi connectivity index (χ3v) is 5.88. The van der Waals surface area contributed by atoms with Crippen molar-refractivity contribution in [3.05, 3.63) is 0 Å². The highest BCUT2D eigenvalue weighted by molar-refractivity contribution is 5.88. The molecular weight excluding hydrogens is 372 g/mol. The number of hydrogen-bond acceptors (Lipinski definition) is 4. The van der Waals surface area contributed by atoms with Crippen LogP contribution in [0.5, 0.6) is 0 Å². The summed E-state index contributed by atoms with van der Waals surface area (Å²) in [6, 6.07) is -0.0831. The fraction of sp³-hybridized carbons (Fsp3) is 0.778. The van der Waals surface area contributed by atoms with Crippen LogP contribution in [-0.4, -0.2) is 59.9 Å². The summed E-state index contributed by atoms with van der Waals surface area (Å²) in [5.41, 5.74) is -1.45. The molecule has 10 heteroatoms. The maximum atomic E-state index is 13.5. The van der Waals surface area contributed by atoms with Gasteiger partial charge in [-0.3, -0.25) is 9.59 Å². The first kappa shape index (κ1) is 20.3. The molecule has 0 bridgehead atoms. The third-order valence-electron chi connectivity index (χ3n) is 5.88. The largest absolute Gasteiger partial charge is 0.356 e. The number of carbonyl (C=O) groups is 3. The van der Waals surface area contributed by atoms with E-state index in [1.54, 1.807) is 0 Å². The first-order valence-corrected chi connectivity index (χ1v) is 9.53. The zero-order chi connectivity index (χ0) is 20.6. The van der Waals surface area contributed by atoms with Crippen LogP contribution in [0.4, 0.5) is 13.6 Å². The molecule has 2 aliphatic heterocycles. The Kier molecular flexibility index (Phi) is 5.21. The number of carbonyl (C=O) groups excluding carboxylic acids is 3. The van der Waals surface area contributed by atoms with Crippen LogP contribution in [0.2, 0.25) is 0 Å². The first-order valence-electron chi connectivity index (χ1n) is 9.53. The Labute approximate surface area is 162 Å². The van der Waals surface area contributed by atoms with Gasteiger partial charge >= 0.3 is 6.03 Å². The van der Waals surface area contributed by atoms with Gasteiger partial charge in [0.05, 0.1) is 11.5 Å². The Morgan fingerprint density at radius 2 is 1.93 bits per heavy atom. The van der Waals surface area contributed by atoms with Crippen molar-refractivity contribution in [1.29, 1.82) is 5.26 Å². The van der Waals surface area contributed by atoms with Crippen LogP contribution in [0.15, 0.2) is 0 Å². The number of nitriles is 1. The summed E-state index contributed by atoms with van der Waals surface area (Å²) < 4.78 is 27.1. The third kappa shape index (κ3) is 4.34. The van der Waals surface area contributed by atoms with E-state index in [1.807, 2.05) is 6.07 Å². The predicted molar refractivity (Wildman–Crippen MR) is 94.1 cm³/mol. The number of nitrogens with zero attached hydrogens (tertiary/aromatic N) is 2. The number of urea groups is 1. The van der Waals surface area contributed by atoms with Gasteiger partial charge in [0.1, 0.15) is 11.6 Å². The summed E-state index contributed by atoms with van der Waals surface area (Å²) in [6.07, 6.45) is 1.81. The molecule has 0 radical (unpaired) electrons. The van der Waals surface area contributed by atoms with Crippen molar-refractivity contribution < 1.29 is 23.2 Å². The maximum absolute atomic E-state index is 13.5. The van der Waals surface area contributed by atoms with Gasteiger partial charge < -0.3 is 20.9 Å². The van der Waals surface area contributed by atoms with E-state index in [2.05, 4.69) is 16.0 Å². The Balaban J connectivity index is 1.60. The number of halogens is 2. The molecule has 4 amide bonds. The second kappa shape index (κ2) is 7.18. The zero-order valence-corrected chi connectivity index (χ0v) is 15.8. The lowest BCUT2D eigenvalue weighted by atomic mass is 9.77. The average Bonchev–Trinajstić information content (AvgIpc) is 3.32. The summed E-state index contributed by atoms with van der Waals surface area (Å²) in [4.78, 5) is 38.5. The van der Waals surface area contributed by atoms with E-state index in [4.69, 9.17) is 5.26 Å². The van der Waals surface area contributed by atoms with E-state index in [0.29, 0.717) is 52.2 Å². The number of likely N-dealkylation sites (tertiary alicyclic amines) is 1. The lowest BCUT2D eigenvalue weighted by Gasteiger charge is -2.37. The van der Waals surface area contributed by atoms with E-state index in [1.165, 1.54) is 4.90 Å². The molecule has 2 saturated heterocycles. The molecule has 1 spiro atoms. The lowest BCUT2D eigenvalue weighted by Crippen LogP contribution is -2.56. The predicted octanol–water partition coefficient (Wildman–Crippen LogP) is 0.884. The van der Waals surface area contributed by atoms with Crippen molar-refractivity contribution in [3.63, 3.8) is 0 Å². The van der Waals surface area contributed by atoms with Crippen LogP contribution in [0.1, 0.15) is 45.4 Å². The van der Waals surface area contributed by atoms with E-state index in [0.717, 1.165) is 6.42 Å². The van der Waals surface area contributed by atoms with Crippen LogP contribution in [0, 0.1) is 16.7 Å². The summed E-state index contributed by atoms with van der Waals surface area (Å²) in [5, 5.41) is 16.8. The highest BCUT2D eigenvalue weighted by atomic mass is 19.3. The zero-order valence-electron chi connectivity index (χ0n) is 15.8. The fourth-order valence-electron chi connectivity index (χ4n) is 3.85. The minimum Gasteiger partial charge on any atom is -0.356 e. The van der Waals surface area contributed by atoms with Gasteiger partial charge in [-0.2, -0.15) is 5.26 Å². The normalized spacial score (nSPS) is 23.5. The number of amides is 4. The fourth-order valence-corrected chi connectivity index (χ4v) is 3.85. The summed E-state index contributed by atoms with van der Waals surface area (Å²) in [7, 11) is 0. The molecular formula is C18H25F2N5O3. The second-order valence-electron chi connectivity index (χ2n) is 8.23. The Bertz CT molecular complexity index is 703. The van der Waals surface area contributed by atoms with Crippen molar-refractivity contribution in [3.8, 4) is 6.07 Å². The van der Waals surface area contributed by atoms with Gasteiger partial charge in [-0.15, -0.1) is 0 Å². The number of hydrogen-bond donors (Lipinski definition) is 3. The molecule has 1 aliphatic carbocycles. The minimum absolute atomic E-state index is 0.00155. The van der Waals surface area contributed by atoms with E-state index in [-0.39, 0.29) is 5.91 Å². The molecule has 0 aromatic rings. The molecule has 8 nitrogen and oxygen atoms in total. The highest BCUT2D eigenvalue weighted by Crippen LogP contribution is 2.38. The summed E-state index contributed by atoms with van der Waals surface area (Å²) >= 11 is 0. The van der Waals surface area contributed by atoms with Crippen molar-refractivity contribution >= 4 is 17.8 Å². The molecule has 0 aromatic heterocycles. The number of rotatable bonds is 5. The molecule has 2 heterocycles. The van der Waals surface area contributed by atoms with Crippen LogP contribution >= 0.6 is 0 Å². The standard InChI is InChI=1S/C18H25F2N5O3/c1-16(19,20)10-12(13(26)24-18(11-21)2-3-18)23-15(28)25-8-5-17(6-9-25)4-7-22-14(17)27/h12H,2-10H2,1H3,(H,22,27)(H,23,28)(H,24,26)/t12-/m0/s1. The van der Waals surface area contributed by atoms with Crippen molar-refractivity contribution in [1.82, 2.24) is 20.9 Å². The smallest absolute Gasteiger partial charge is 0.318 e. The Hall–Kier alpha value is -2.44. The molecule has 0 unspecified atom stereocenters. The van der Waals surface area contributed by atoms with Crippen molar-refractivity contribution in [2.45, 2.75) is 63.0 Å². The summed E-state index contributed by atoms with van der Waals surface area (Å²) in [6.45, 7) is 1.94. The van der Waals surface area contributed by atoms with Crippen LogP contribution in [-0.2, 0) is 9.59 Å². The molecule has 3 aliphatic rings. The topological polar surface area (TPSA) is 114 Å². The minimum atomic E-state index is -3.16. The molecule has 0 aromatic carbocycles. The monoisotopic (exact) mass is 397 g/mol. The van der Waals surface area contributed by atoms with Gasteiger partial charge in [0.15, 0.2) is 0 Å². The molecule has 28 heavy (non-hydrogen) atoms. The molecule has 3 rings (SSSR count). The highest BCUT2D eigenvalue weighted by Gasteiger charge is 2.47. The lowest BCUT2D eigenvalue weighted by molar-refractivity contribution is -0.129. The summed E-state index contributed by atoms with van der Waals surface area (Å²) in [5.74, 6) is -3.94. The van der Waals surface area contributed by atoms with Crippen LogP contribution in [0.3, 0.4) is 0 Å². The number of alkyl halides is 2.